The lowest BCUT2D eigenvalue weighted by Gasteiger charge is -2.40. The summed E-state index contributed by atoms with van der Waals surface area (Å²) in [7, 11) is -3.80. The predicted octanol–water partition coefficient (Wildman–Crippen LogP) is 4.74. The first kappa shape index (κ1) is 23.1. The Hall–Kier alpha value is -3.62. The van der Waals surface area contributed by atoms with Crippen molar-refractivity contribution in [2.75, 3.05) is 18.4 Å². The topological polar surface area (TPSA) is 79.4 Å². The minimum atomic E-state index is -3.80. The molecule has 0 spiro atoms. The molecule has 0 saturated carbocycles. The van der Waals surface area contributed by atoms with E-state index in [-0.39, 0.29) is 23.9 Å². The van der Waals surface area contributed by atoms with Crippen molar-refractivity contribution >= 4 is 32.5 Å². The van der Waals surface area contributed by atoms with Crippen molar-refractivity contribution in [3.05, 3.63) is 103 Å². The molecule has 178 valence electrons. The molecule has 0 atom stereocenters. The Labute approximate surface area is 203 Å². The summed E-state index contributed by atoms with van der Waals surface area (Å²) in [5.74, 6) is -0.236. The number of fused-ring (bicyclic) bond motifs is 1. The van der Waals surface area contributed by atoms with Gasteiger partial charge in [0.1, 0.15) is 11.6 Å². The number of piperidine rings is 1. The Morgan fingerprint density at radius 3 is 2.26 bits per heavy atom. The molecule has 1 aromatic heterocycles. The number of aromatic nitrogens is 1. The van der Waals surface area contributed by atoms with E-state index in [0.29, 0.717) is 18.7 Å². The molecule has 1 aliphatic heterocycles. The van der Waals surface area contributed by atoms with Crippen molar-refractivity contribution in [3.8, 4) is 0 Å². The van der Waals surface area contributed by atoms with Gasteiger partial charge in [0.15, 0.2) is 0 Å². The Kier molecular flexibility index (Phi) is 6.08. The number of carbonyl (C=O) groups is 1. The molecule has 5 rings (SSSR count). The van der Waals surface area contributed by atoms with Crippen LogP contribution < -0.4 is 5.32 Å². The number of sulfonamides is 1. The van der Waals surface area contributed by atoms with Gasteiger partial charge in [-0.2, -0.15) is 4.31 Å². The van der Waals surface area contributed by atoms with Gasteiger partial charge in [0.2, 0.25) is 15.9 Å². The van der Waals surface area contributed by atoms with E-state index in [0.717, 1.165) is 28.5 Å². The highest BCUT2D eigenvalue weighted by Gasteiger charge is 2.45. The van der Waals surface area contributed by atoms with Crippen molar-refractivity contribution in [1.29, 1.82) is 0 Å². The fraction of sp³-hybridized carbons (Fsp3) is 0.185. The van der Waals surface area contributed by atoms with Crippen LogP contribution >= 0.6 is 0 Å². The van der Waals surface area contributed by atoms with Crippen molar-refractivity contribution < 1.29 is 17.6 Å². The maximum atomic E-state index is 13.8. The van der Waals surface area contributed by atoms with Crippen LogP contribution in [0.3, 0.4) is 0 Å². The van der Waals surface area contributed by atoms with Crippen LogP contribution in [0.25, 0.3) is 10.8 Å². The quantitative estimate of drug-likeness (QED) is 0.439. The summed E-state index contributed by atoms with van der Waals surface area (Å²) in [4.78, 5) is 18.3. The second-order valence-electron chi connectivity index (χ2n) is 8.64. The standard InChI is InChI=1S/C27H24FN3O3S/c28-22-10-12-23(13-11-22)35(33,34)31-18-15-27(16-19-31,21-7-2-1-3-8-21)26(32)30-25-24-9-5-4-6-20(24)14-17-29-25/h1-14,17H,15-16,18-19H2,(H,29,30,32). The fourth-order valence-electron chi connectivity index (χ4n) is 4.71. The third kappa shape index (κ3) is 4.31. The zero-order chi connectivity index (χ0) is 24.5. The summed E-state index contributed by atoms with van der Waals surface area (Å²) < 4.78 is 41.0. The lowest BCUT2D eigenvalue weighted by Crippen LogP contribution is -2.51. The Morgan fingerprint density at radius 1 is 0.886 bits per heavy atom. The molecule has 1 fully saturated rings. The molecule has 0 aliphatic carbocycles. The van der Waals surface area contributed by atoms with Crippen molar-refractivity contribution in [2.24, 2.45) is 0 Å². The summed E-state index contributed by atoms with van der Waals surface area (Å²) in [6.07, 6.45) is 2.26. The van der Waals surface area contributed by atoms with E-state index in [4.69, 9.17) is 0 Å². The zero-order valence-electron chi connectivity index (χ0n) is 18.9. The largest absolute Gasteiger partial charge is 0.309 e. The zero-order valence-corrected chi connectivity index (χ0v) is 19.7. The van der Waals surface area contributed by atoms with Gasteiger partial charge in [-0.15, -0.1) is 0 Å². The van der Waals surface area contributed by atoms with Gasteiger partial charge in [0, 0.05) is 24.7 Å². The summed E-state index contributed by atoms with van der Waals surface area (Å²) in [5.41, 5.74) is -0.0918. The fourth-order valence-corrected chi connectivity index (χ4v) is 6.16. The van der Waals surface area contributed by atoms with Gasteiger partial charge >= 0.3 is 0 Å². The Balaban J connectivity index is 1.45. The molecule has 1 N–H and O–H groups in total. The van der Waals surface area contributed by atoms with E-state index in [1.807, 2.05) is 60.7 Å². The number of benzene rings is 3. The first-order valence-electron chi connectivity index (χ1n) is 11.4. The van der Waals surface area contributed by atoms with Gasteiger partial charge in [0.25, 0.3) is 0 Å². The molecule has 0 radical (unpaired) electrons. The van der Waals surface area contributed by atoms with Crippen LogP contribution in [0.4, 0.5) is 10.2 Å². The van der Waals surface area contributed by atoms with Crippen LogP contribution in [0.2, 0.25) is 0 Å². The maximum absolute atomic E-state index is 13.8. The van der Waals surface area contributed by atoms with Gasteiger partial charge in [0.05, 0.1) is 10.3 Å². The van der Waals surface area contributed by atoms with Crippen LogP contribution in [0, 0.1) is 5.82 Å². The van der Waals surface area contributed by atoms with Gasteiger partial charge in [-0.25, -0.2) is 17.8 Å². The molecule has 3 aromatic carbocycles. The first-order chi connectivity index (χ1) is 16.9. The first-order valence-corrected chi connectivity index (χ1v) is 12.8. The minimum Gasteiger partial charge on any atom is -0.309 e. The smallest absolute Gasteiger partial charge is 0.243 e. The van der Waals surface area contributed by atoms with Crippen LogP contribution in [-0.2, 0) is 20.2 Å². The summed E-state index contributed by atoms with van der Waals surface area (Å²) in [5, 5.41) is 4.83. The third-order valence-electron chi connectivity index (χ3n) is 6.69. The highest BCUT2D eigenvalue weighted by atomic mass is 32.2. The summed E-state index contributed by atoms with van der Waals surface area (Å²) >= 11 is 0. The van der Waals surface area contributed by atoms with Crippen LogP contribution in [0.5, 0.6) is 0 Å². The molecule has 2 heterocycles. The number of anilines is 1. The van der Waals surface area contributed by atoms with Crippen molar-refractivity contribution in [2.45, 2.75) is 23.2 Å². The Bertz CT molecular complexity index is 1460. The lowest BCUT2D eigenvalue weighted by molar-refractivity contribution is -0.123. The van der Waals surface area contributed by atoms with Crippen LogP contribution in [0.1, 0.15) is 18.4 Å². The molecule has 8 heteroatoms. The van der Waals surface area contributed by atoms with Gasteiger partial charge in [-0.3, -0.25) is 4.79 Å². The summed E-state index contributed by atoms with van der Waals surface area (Å²) in [6, 6.07) is 23.8. The molecule has 1 aliphatic rings. The number of rotatable bonds is 5. The van der Waals surface area contributed by atoms with Crippen molar-refractivity contribution in [3.63, 3.8) is 0 Å². The predicted molar refractivity (Wildman–Crippen MR) is 133 cm³/mol. The third-order valence-corrected chi connectivity index (χ3v) is 8.61. The highest BCUT2D eigenvalue weighted by molar-refractivity contribution is 7.89. The highest BCUT2D eigenvalue weighted by Crippen LogP contribution is 2.38. The Morgan fingerprint density at radius 2 is 1.54 bits per heavy atom. The molecule has 4 aromatic rings. The number of hydrogen-bond acceptors (Lipinski definition) is 4. The summed E-state index contributed by atoms with van der Waals surface area (Å²) in [6.45, 7) is 0.315. The van der Waals surface area contributed by atoms with E-state index >= 15 is 0 Å². The minimum absolute atomic E-state index is 0.0375. The molecule has 0 bridgehead atoms. The molecule has 0 unspecified atom stereocenters. The molecular weight excluding hydrogens is 465 g/mol. The molecule has 35 heavy (non-hydrogen) atoms. The van der Waals surface area contributed by atoms with E-state index in [1.54, 1.807) is 6.20 Å². The number of pyridine rings is 1. The van der Waals surface area contributed by atoms with Crippen molar-refractivity contribution in [1.82, 2.24) is 9.29 Å². The molecule has 1 amide bonds. The molecular formula is C27H24FN3O3S. The van der Waals surface area contributed by atoms with E-state index in [2.05, 4.69) is 10.3 Å². The monoisotopic (exact) mass is 489 g/mol. The number of carbonyl (C=O) groups excluding carboxylic acids is 1. The molecule has 6 nitrogen and oxygen atoms in total. The number of halogens is 1. The number of hydrogen-bond donors (Lipinski definition) is 1. The van der Waals surface area contributed by atoms with Gasteiger partial charge < -0.3 is 5.32 Å². The van der Waals surface area contributed by atoms with Gasteiger partial charge in [-0.1, -0.05) is 54.6 Å². The normalized spacial score (nSPS) is 16.1. The molecule has 1 saturated heterocycles. The number of nitrogens with one attached hydrogen (secondary N) is 1. The van der Waals surface area contributed by atoms with E-state index < -0.39 is 21.3 Å². The lowest BCUT2D eigenvalue weighted by atomic mass is 9.72. The van der Waals surface area contributed by atoms with E-state index in [9.17, 15) is 17.6 Å². The average molecular weight is 490 g/mol. The number of nitrogens with zero attached hydrogens (tertiary/aromatic N) is 2. The van der Waals surface area contributed by atoms with Gasteiger partial charge in [-0.05, 0) is 54.1 Å². The second kappa shape index (κ2) is 9.20. The van der Waals surface area contributed by atoms with E-state index in [1.165, 1.54) is 16.4 Å². The van der Waals surface area contributed by atoms with Crippen LogP contribution in [0.15, 0.2) is 96.0 Å². The second-order valence-corrected chi connectivity index (χ2v) is 10.6. The van der Waals surface area contributed by atoms with Crippen LogP contribution in [-0.4, -0.2) is 36.7 Å². The SMILES string of the molecule is O=C(Nc1nccc2ccccc12)C1(c2ccccc2)CCN(S(=O)(=O)c2ccc(F)cc2)CC1. The maximum Gasteiger partial charge on any atom is 0.243 e. The number of amides is 1. The average Bonchev–Trinajstić information content (AvgIpc) is 2.89.